The van der Waals surface area contributed by atoms with Gasteiger partial charge < -0.3 is 4.74 Å². The van der Waals surface area contributed by atoms with E-state index in [9.17, 15) is 0 Å². The van der Waals surface area contributed by atoms with Crippen molar-refractivity contribution in [2.24, 2.45) is 11.8 Å². The van der Waals surface area contributed by atoms with Crippen LogP contribution in [0.25, 0.3) is 0 Å². The van der Waals surface area contributed by atoms with Crippen LogP contribution in [-0.2, 0) is 4.74 Å². The fourth-order valence-electron chi connectivity index (χ4n) is 2.82. The minimum atomic E-state index is -1.13. The Morgan fingerprint density at radius 1 is 1.19 bits per heavy atom. The molecule has 21 heavy (non-hydrogen) atoms. The van der Waals surface area contributed by atoms with Crippen molar-refractivity contribution in [3.63, 3.8) is 0 Å². The third-order valence-corrected chi connectivity index (χ3v) is 5.49. The van der Waals surface area contributed by atoms with E-state index in [0.29, 0.717) is 17.9 Å². The number of allylic oxidation sites excluding steroid dienone is 2. The molecule has 0 spiro atoms. The summed E-state index contributed by atoms with van der Waals surface area (Å²) < 4.78 is 5.86. The smallest absolute Gasteiger partial charge is 0.0636 e. The van der Waals surface area contributed by atoms with Crippen LogP contribution in [0.15, 0.2) is 23.8 Å². The molecule has 124 valence electrons. The molecule has 0 aromatic rings. The van der Waals surface area contributed by atoms with Gasteiger partial charge >= 0.3 is 0 Å². The number of hydrogen-bond donors (Lipinski definition) is 0. The summed E-state index contributed by atoms with van der Waals surface area (Å²) in [5.74, 6) is 1.19. The monoisotopic (exact) mass is 310 g/mol. The zero-order chi connectivity index (χ0) is 16.6. The van der Waals surface area contributed by atoms with E-state index in [0.717, 1.165) is 19.3 Å². The number of hydrogen-bond acceptors (Lipinski definition) is 1. The van der Waals surface area contributed by atoms with Crippen molar-refractivity contribution in [3.8, 4) is 0 Å². The van der Waals surface area contributed by atoms with Crippen LogP contribution in [0, 0.1) is 11.8 Å². The molecule has 0 fully saturated rings. The molecule has 0 saturated heterocycles. The van der Waals surface area contributed by atoms with Gasteiger partial charge in [0.05, 0.1) is 6.10 Å². The Morgan fingerprint density at radius 2 is 1.76 bits per heavy atom. The molecule has 0 radical (unpaired) electrons. The SMILES string of the molecule is C=C(CCC=C(C)C)C(C[Si](C)(C)C)C(CC(C)C)OC. The maximum Gasteiger partial charge on any atom is 0.0636 e. The second kappa shape index (κ2) is 9.63. The number of methoxy groups -OCH3 is 1. The molecule has 0 aliphatic heterocycles. The second-order valence-corrected chi connectivity index (χ2v) is 13.8. The highest BCUT2D eigenvalue weighted by atomic mass is 28.3. The van der Waals surface area contributed by atoms with Gasteiger partial charge in [-0.3, -0.25) is 0 Å². The third kappa shape index (κ3) is 10.1. The van der Waals surface area contributed by atoms with Crippen LogP contribution in [-0.4, -0.2) is 21.3 Å². The predicted molar refractivity (Wildman–Crippen MR) is 99.7 cm³/mol. The van der Waals surface area contributed by atoms with Gasteiger partial charge in [0.2, 0.25) is 0 Å². The van der Waals surface area contributed by atoms with Crippen molar-refractivity contribution < 1.29 is 4.74 Å². The fraction of sp³-hybridized carbons (Fsp3) is 0.789. The molecule has 0 rings (SSSR count). The van der Waals surface area contributed by atoms with Crippen LogP contribution in [0.1, 0.15) is 47.0 Å². The summed E-state index contributed by atoms with van der Waals surface area (Å²) in [4.78, 5) is 0. The summed E-state index contributed by atoms with van der Waals surface area (Å²) in [5, 5.41) is 0. The summed E-state index contributed by atoms with van der Waals surface area (Å²) in [6.45, 7) is 20.7. The molecule has 0 amide bonds. The number of rotatable bonds is 10. The molecule has 1 nitrogen and oxygen atoms in total. The molecule has 0 heterocycles. The Labute approximate surface area is 134 Å². The van der Waals surface area contributed by atoms with E-state index in [2.05, 4.69) is 60.0 Å². The van der Waals surface area contributed by atoms with Gasteiger partial charge in [0, 0.05) is 21.1 Å². The summed E-state index contributed by atoms with van der Waals surface area (Å²) in [7, 11) is 0.738. The van der Waals surface area contributed by atoms with Crippen molar-refractivity contribution in [2.45, 2.75) is 78.7 Å². The predicted octanol–water partition coefficient (Wildman–Crippen LogP) is 6.30. The van der Waals surface area contributed by atoms with Crippen molar-refractivity contribution in [1.82, 2.24) is 0 Å². The lowest BCUT2D eigenvalue weighted by Crippen LogP contribution is -2.33. The maximum atomic E-state index is 5.86. The van der Waals surface area contributed by atoms with E-state index in [1.165, 1.54) is 17.2 Å². The molecule has 0 aliphatic carbocycles. The molecule has 0 saturated carbocycles. The molecule has 0 N–H and O–H groups in total. The molecule has 2 heteroatoms. The Bertz CT molecular complexity index is 332. The first-order chi connectivity index (χ1) is 9.56. The van der Waals surface area contributed by atoms with E-state index in [1.807, 2.05) is 7.11 Å². The van der Waals surface area contributed by atoms with Gasteiger partial charge in [0.25, 0.3) is 0 Å². The molecular weight excluding hydrogens is 272 g/mol. The first kappa shape index (κ1) is 20.7. The molecule has 0 aromatic heterocycles. The van der Waals surface area contributed by atoms with Crippen LogP contribution >= 0.6 is 0 Å². The molecule has 2 unspecified atom stereocenters. The van der Waals surface area contributed by atoms with Gasteiger partial charge in [0.1, 0.15) is 0 Å². The lowest BCUT2D eigenvalue weighted by Gasteiger charge is -2.33. The standard InChI is InChI=1S/C19H38OSi/c1-15(2)11-10-12-17(5)18(14-21(7,8)9)19(20-6)13-16(3)4/h11,16,18-19H,5,10,12-14H2,1-4,6-9H3. The van der Waals surface area contributed by atoms with Gasteiger partial charge in [-0.25, -0.2) is 0 Å². The average molecular weight is 311 g/mol. The Balaban J connectivity index is 4.93. The summed E-state index contributed by atoms with van der Waals surface area (Å²) in [6, 6.07) is 1.28. The second-order valence-electron chi connectivity index (χ2n) is 8.25. The van der Waals surface area contributed by atoms with Gasteiger partial charge in [-0.15, -0.1) is 0 Å². The summed E-state index contributed by atoms with van der Waals surface area (Å²) in [5.41, 5.74) is 2.79. The highest BCUT2D eigenvalue weighted by Gasteiger charge is 2.29. The maximum absolute atomic E-state index is 5.86. The van der Waals surface area contributed by atoms with E-state index >= 15 is 0 Å². The third-order valence-electron chi connectivity index (χ3n) is 3.83. The Kier molecular flexibility index (Phi) is 9.47. The fourth-order valence-corrected chi connectivity index (χ4v) is 4.69. The van der Waals surface area contributed by atoms with Crippen molar-refractivity contribution in [1.29, 1.82) is 0 Å². The first-order valence-corrected chi connectivity index (χ1v) is 12.1. The average Bonchev–Trinajstić information content (AvgIpc) is 2.31. The molecular formula is C19H38OSi. The Morgan fingerprint density at radius 3 is 2.14 bits per heavy atom. The van der Waals surface area contributed by atoms with Gasteiger partial charge in [-0.05, 0) is 45.1 Å². The minimum absolute atomic E-state index is 0.330. The largest absolute Gasteiger partial charge is 0.381 e. The van der Waals surface area contributed by atoms with Crippen LogP contribution in [0.4, 0.5) is 0 Å². The van der Waals surface area contributed by atoms with Gasteiger partial charge in [0.15, 0.2) is 0 Å². The van der Waals surface area contributed by atoms with Crippen molar-refractivity contribution >= 4 is 8.07 Å². The molecule has 0 aromatic carbocycles. The quantitative estimate of drug-likeness (QED) is 0.339. The van der Waals surface area contributed by atoms with E-state index < -0.39 is 8.07 Å². The first-order valence-electron chi connectivity index (χ1n) is 8.40. The Hall–Kier alpha value is -0.343. The van der Waals surface area contributed by atoms with Crippen LogP contribution < -0.4 is 0 Å². The highest BCUT2D eigenvalue weighted by molar-refractivity contribution is 6.76. The molecule has 2 atom stereocenters. The molecule has 0 aliphatic rings. The zero-order valence-electron chi connectivity index (χ0n) is 15.8. The van der Waals surface area contributed by atoms with Crippen LogP contribution in [0.5, 0.6) is 0 Å². The van der Waals surface area contributed by atoms with Crippen molar-refractivity contribution in [3.05, 3.63) is 23.8 Å². The zero-order valence-corrected chi connectivity index (χ0v) is 16.8. The van der Waals surface area contributed by atoms with Gasteiger partial charge in [-0.2, -0.15) is 0 Å². The van der Waals surface area contributed by atoms with Crippen LogP contribution in [0.2, 0.25) is 25.7 Å². The number of ether oxygens (including phenoxy) is 1. The normalized spacial score (nSPS) is 14.9. The van der Waals surface area contributed by atoms with E-state index in [1.54, 1.807) is 0 Å². The van der Waals surface area contributed by atoms with Crippen LogP contribution in [0.3, 0.4) is 0 Å². The van der Waals surface area contributed by atoms with E-state index in [4.69, 9.17) is 4.74 Å². The van der Waals surface area contributed by atoms with Gasteiger partial charge in [-0.1, -0.05) is 57.3 Å². The summed E-state index contributed by atoms with van der Waals surface area (Å²) >= 11 is 0. The minimum Gasteiger partial charge on any atom is -0.381 e. The van der Waals surface area contributed by atoms with Crippen molar-refractivity contribution in [2.75, 3.05) is 7.11 Å². The lowest BCUT2D eigenvalue weighted by molar-refractivity contribution is 0.0525. The summed E-state index contributed by atoms with van der Waals surface area (Å²) in [6.07, 6.45) is 5.99. The molecule has 0 bridgehead atoms. The lowest BCUT2D eigenvalue weighted by atomic mass is 9.88. The topological polar surface area (TPSA) is 9.23 Å². The highest BCUT2D eigenvalue weighted by Crippen LogP contribution is 2.32. The van der Waals surface area contributed by atoms with E-state index in [-0.39, 0.29) is 0 Å².